The fourth-order valence-electron chi connectivity index (χ4n) is 2.40. The average Bonchev–Trinajstić information content (AvgIpc) is 2.54. The Morgan fingerprint density at radius 1 is 1.12 bits per heavy atom. The van der Waals surface area contributed by atoms with E-state index in [-0.39, 0.29) is 23.3 Å². The molecule has 0 saturated carbocycles. The van der Waals surface area contributed by atoms with Gasteiger partial charge in [0, 0.05) is 11.8 Å². The van der Waals surface area contributed by atoms with Gasteiger partial charge in [-0.1, -0.05) is 30.3 Å². The van der Waals surface area contributed by atoms with E-state index >= 15 is 0 Å². The lowest BCUT2D eigenvalue weighted by Gasteiger charge is -2.15. The summed E-state index contributed by atoms with van der Waals surface area (Å²) in [6, 6.07) is 13.7. The molecule has 0 radical (unpaired) electrons. The van der Waals surface area contributed by atoms with Crippen LogP contribution in [0.2, 0.25) is 0 Å². The number of methoxy groups -OCH3 is 1. The predicted octanol–water partition coefficient (Wildman–Crippen LogP) is 2.52. The Labute approximate surface area is 142 Å². The molecule has 0 aliphatic heterocycles. The monoisotopic (exact) mass is 347 g/mol. The fraction of sp³-hybridized carbons (Fsp3) is 0.278. The maximum atomic E-state index is 12.2. The Morgan fingerprint density at radius 3 is 2.33 bits per heavy atom. The van der Waals surface area contributed by atoms with Gasteiger partial charge in [0.15, 0.2) is 9.84 Å². The molecule has 0 heterocycles. The highest BCUT2D eigenvalue weighted by Crippen LogP contribution is 2.19. The zero-order chi connectivity index (χ0) is 17.7. The Morgan fingerprint density at radius 2 is 1.75 bits per heavy atom. The molecule has 0 aliphatic rings. The third kappa shape index (κ3) is 4.58. The average molecular weight is 347 g/mol. The van der Waals surface area contributed by atoms with Gasteiger partial charge in [-0.3, -0.25) is 4.79 Å². The number of amides is 1. The molecule has 0 saturated heterocycles. The maximum absolute atomic E-state index is 12.2. The first-order valence-corrected chi connectivity index (χ1v) is 9.41. The van der Waals surface area contributed by atoms with Gasteiger partial charge >= 0.3 is 0 Å². The summed E-state index contributed by atoms with van der Waals surface area (Å²) in [6.07, 6.45) is 1.39. The van der Waals surface area contributed by atoms with Crippen molar-refractivity contribution in [2.75, 3.05) is 13.4 Å². The molecule has 0 unspecified atom stereocenters. The summed E-state index contributed by atoms with van der Waals surface area (Å²) >= 11 is 0. The molecule has 1 atom stereocenters. The van der Waals surface area contributed by atoms with Gasteiger partial charge in [-0.2, -0.15) is 0 Å². The van der Waals surface area contributed by atoms with Crippen molar-refractivity contribution in [2.45, 2.75) is 24.3 Å². The Bertz CT molecular complexity index is 813. The molecule has 1 N–H and O–H groups in total. The molecule has 2 rings (SSSR count). The Balaban J connectivity index is 2.03. The van der Waals surface area contributed by atoms with Gasteiger partial charge < -0.3 is 10.1 Å². The van der Waals surface area contributed by atoms with Gasteiger partial charge in [0.05, 0.1) is 24.5 Å². The fourth-order valence-corrected chi connectivity index (χ4v) is 3.03. The number of ether oxygens (including phenoxy) is 1. The number of carbonyl (C=O) groups excluding carboxylic acids is 1. The van der Waals surface area contributed by atoms with Crippen LogP contribution in [0.4, 0.5) is 0 Å². The number of para-hydroxylation sites is 1. The van der Waals surface area contributed by atoms with E-state index in [1.807, 2.05) is 31.2 Å². The SMILES string of the molecule is COc1ccccc1CC(=O)N[C@@H](C)c1ccc(S(C)(=O)=O)cc1. The lowest BCUT2D eigenvalue weighted by molar-refractivity contribution is -0.121. The minimum atomic E-state index is -3.22. The van der Waals surface area contributed by atoms with Crippen molar-refractivity contribution in [3.8, 4) is 5.75 Å². The molecule has 128 valence electrons. The van der Waals surface area contributed by atoms with Crippen molar-refractivity contribution in [3.63, 3.8) is 0 Å². The van der Waals surface area contributed by atoms with Crippen LogP contribution in [0, 0.1) is 0 Å². The Hall–Kier alpha value is -2.34. The zero-order valence-electron chi connectivity index (χ0n) is 13.9. The van der Waals surface area contributed by atoms with E-state index < -0.39 is 9.84 Å². The van der Waals surface area contributed by atoms with Crippen LogP contribution in [-0.2, 0) is 21.1 Å². The van der Waals surface area contributed by atoms with Crippen molar-refractivity contribution in [1.29, 1.82) is 0 Å². The molecule has 5 nitrogen and oxygen atoms in total. The van der Waals surface area contributed by atoms with Crippen LogP contribution in [0.25, 0.3) is 0 Å². The van der Waals surface area contributed by atoms with Crippen molar-refractivity contribution in [2.24, 2.45) is 0 Å². The zero-order valence-corrected chi connectivity index (χ0v) is 14.8. The minimum absolute atomic E-state index is 0.126. The smallest absolute Gasteiger partial charge is 0.225 e. The molecule has 2 aromatic rings. The van der Waals surface area contributed by atoms with Crippen molar-refractivity contribution >= 4 is 15.7 Å². The highest BCUT2D eigenvalue weighted by Gasteiger charge is 2.13. The summed E-state index contributed by atoms with van der Waals surface area (Å²) in [5.41, 5.74) is 1.66. The second-order valence-corrected chi connectivity index (χ2v) is 7.63. The number of rotatable bonds is 6. The molecule has 0 bridgehead atoms. The Kier molecular flexibility index (Phi) is 5.62. The predicted molar refractivity (Wildman–Crippen MR) is 92.8 cm³/mol. The van der Waals surface area contributed by atoms with Crippen molar-refractivity contribution in [3.05, 3.63) is 59.7 Å². The second-order valence-electron chi connectivity index (χ2n) is 5.62. The summed E-state index contributed by atoms with van der Waals surface area (Å²) in [5.74, 6) is 0.553. The van der Waals surface area contributed by atoms with E-state index in [1.165, 1.54) is 6.26 Å². The van der Waals surface area contributed by atoms with Gasteiger partial charge in [-0.15, -0.1) is 0 Å². The van der Waals surface area contributed by atoms with Gasteiger partial charge in [-0.25, -0.2) is 8.42 Å². The summed E-state index contributed by atoms with van der Waals surface area (Å²) in [5, 5.41) is 2.91. The highest BCUT2D eigenvalue weighted by atomic mass is 32.2. The lowest BCUT2D eigenvalue weighted by atomic mass is 10.1. The minimum Gasteiger partial charge on any atom is -0.496 e. The van der Waals surface area contributed by atoms with Gasteiger partial charge in [0.25, 0.3) is 0 Å². The summed E-state index contributed by atoms with van der Waals surface area (Å²) in [7, 11) is -1.65. The topological polar surface area (TPSA) is 72.5 Å². The number of hydrogen-bond acceptors (Lipinski definition) is 4. The van der Waals surface area contributed by atoms with Crippen LogP contribution in [0.5, 0.6) is 5.75 Å². The number of hydrogen-bond donors (Lipinski definition) is 1. The summed E-state index contributed by atoms with van der Waals surface area (Å²) in [6.45, 7) is 1.86. The first-order chi connectivity index (χ1) is 11.3. The molecule has 0 fully saturated rings. The normalized spacial score (nSPS) is 12.5. The van der Waals surface area contributed by atoms with E-state index in [1.54, 1.807) is 31.4 Å². The van der Waals surface area contributed by atoms with E-state index in [4.69, 9.17) is 4.74 Å². The molecular weight excluding hydrogens is 326 g/mol. The first-order valence-electron chi connectivity index (χ1n) is 7.52. The standard InChI is InChI=1S/C18H21NO4S/c1-13(14-8-10-16(11-9-14)24(3,21)22)19-18(20)12-15-6-4-5-7-17(15)23-2/h4-11,13H,12H2,1-3H3,(H,19,20)/t13-/m0/s1. The molecular formula is C18H21NO4S. The molecule has 0 aromatic heterocycles. The number of benzene rings is 2. The quantitative estimate of drug-likeness (QED) is 0.871. The van der Waals surface area contributed by atoms with Crippen molar-refractivity contribution < 1.29 is 17.9 Å². The van der Waals surface area contributed by atoms with Gasteiger partial charge in [0.1, 0.15) is 5.75 Å². The second kappa shape index (κ2) is 7.49. The molecule has 6 heteroatoms. The van der Waals surface area contributed by atoms with Crippen LogP contribution in [-0.4, -0.2) is 27.7 Å². The van der Waals surface area contributed by atoms with E-state index in [2.05, 4.69) is 5.32 Å². The third-order valence-electron chi connectivity index (χ3n) is 3.73. The number of nitrogens with one attached hydrogen (secondary N) is 1. The molecule has 0 aliphatic carbocycles. The van der Waals surface area contributed by atoms with E-state index in [0.29, 0.717) is 5.75 Å². The molecule has 1 amide bonds. The van der Waals surface area contributed by atoms with E-state index in [0.717, 1.165) is 11.1 Å². The molecule has 24 heavy (non-hydrogen) atoms. The van der Waals surface area contributed by atoms with Crippen LogP contribution < -0.4 is 10.1 Å². The van der Waals surface area contributed by atoms with Crippen LogP contribution in [0.3, 0.4) is 0 Å². The van der Waals surface area contributed by atoms with Gasteiger partial charge in [-0.05, 0) is 30.7 Å². The molecule has 2 aromatic carbocycles. The van der Waals surface area contributed by atoms with Crippen LogP contribution >= 0.6 is 0 Å². The third-order valence-corrected chi connectivity index (χ3v) is 4.86. The lowest BCUT2D eigenvalue weighted by Crippen LogP contribution is -2.28. The summed E-state index contributed by atoms with van der Waals surface area (Å²) < 4.78 is 28.2. The van der Waals surface area contributed by atoms with Crippen LogP contribution in [0.15, 0.2) is 53.4 Å². The largest absolute Gasteiger partial charge is 0.496 e. The highest BCUT2D eigenvalue weighted by molar-refractivity contribution is 7.90. The van der Waals surface area contributed by atoms with Crippen LogP contribution in [0.1, 0.15) is 24.1 Å². The summed E-state index contributed by atoms with van der Waals surface area (Å²) in [4.78, 5) is 12.5. The van der Waals surface area contributed by atoms with Crippen molar-refractivity contribution in [1.82, 2.24) is 5.32 Å². The van der Waals surface area contributed by atoms with Gasteiger partial charge in [0.2, 0.25) is 5.91 Å². The number of sulfone groups is 1. The van der Waals surface area contributed by atoms with E-state index in [9.17, 15) is 13.2 Å². The maximum Gasteiger partial charge on any atom is 0.225 e. The molecule has 0 spiro atoms. The first kappa shape index (κ1) is 18.0. The number of carbonyl (C=O) groups is 1.